The molecule has 4 rings (SSSR count). The molecule has 2 aliphatic rings. The Bertz CT molecular complexity index is 1030. The van der Waals surface area contributed by atoms with Gasteiger partial charge in [-0.05, 0) is 36.7 Å². The zero-order chi connectivity index (χ0) is 22.9. The summed E-state index contributed by atoms with van der Waals surface area (Å²) in [4.78, 5) is 21.1. The molecule has 2 aliphatic heterocycles. The number of carbonyl (C=O) groups is 1. The van der Waals surface area contributed by atoms with Crippen LogP contribution < -0.4 is 4.74 Å². The Morgan fingerprint density at radius 2 is 1.81 bits per heavy atom. The molecule has 2 aromatic rings. The van der Waals surface area contributed by atoms with Crippen molar-refractivity contribution >= 4 is 22.8 Å². The fourth-order valence-corrected chi connectivity index (χ4v) is 5.06. The number of alkyl halides is 3. The van der Waals surface area contributed by atoms with Gasteiger partial charge in [0.05, 0.1) is 17.9 Å². The van der Waals surface area contributed by atoms with Gasteiger partial charge in [-0.1, -0.05) is 42.1 Å². The van der Waals surface area contributed by atoms with Crippen LogP contribution in [0.2, 0.25) is 0 Å². The van der Waals surface area contributed by atoms with Crippen LogP contribution in [0.5, 0.6) is 5.75 Å². The molecule has 1 fully saturated rings. The Hall–Kier alpha value is -2.52. The highest BCUT2D eigenvalue weighted by Crippen LogP contribution is 2.41. The van der Waals surface area contributed by atoms with Crippen LogP contribution in [0, 0.1) is 0 Å². The van der Waals surface area contributed by atoms with Crippen molar-refractivity contribution < 1.29 is 22.7 Å². The van der Waals surface area contributed by atoms with E-state index in [9.17, 15) is 18.0 Å². The van der Waals surface area contributed by atoms with Crippen molar-refractivity contribution in [3.63, 3.8) is 0 Å². The number of aliphatic imine (C=N–C) groups is 1. The van der Waals surface area contributed by atoms with Crippen molar-refractivity contribution in [2.24, 2.45) is 4.99 Å². The zero-order valence-corrected chi connectivity index (χ0v) is 18.7. The van der Waals surface area contributed by atoms with E-state index in [0.29, 0.717) is 17.7 Å². The van der Waals surface area contributed by atoms with E-state index in [-0.39, 0.29) is 16.7 Å². The second-order valence-corrected chi connectivity index (χ2v) is 9.08. The standard InChI is InChI=1S/C23H24F3N3O2S/c1-28-9-11-29(12-10-28)22-27-21(30)20(32-22)14-15-7-8-17(19(13-15)31-2)16-5-3-4-6-18(16)23(24,25)26/h3-8,13,20H,9-12,14H2,1-2H3. The van der Waals surface area contributed by atoms with Gasteiger partial charge in [-0.25, -0.2) is 0 Å². The lowest BCUT2D eigenvalue weighted by atomic mass is 9.96. The average Bonchev–Trinajstić information content (AvgIpc) is 3.13. The van der Waals surface area contributed by atoms with Crippen LogP contribution in [0.25, 0.3) is 11.1 Å². The number of halogens is 3. The van der Waals surface area contributed by atoms with Crippen molar-refractivity contribution in [3.8, 4) is 16.9 Å². The van der Waals surface area contributed by atoms with E-state index in [1.54, 1.807) is 24.3 Å². The molecule has 5 nitrogen and oxygen atoms in total. The second kappa shape index (κ2) is 9.15. The number of benzene rings is 2. The van der Waals surface area contributed by atoms with E-state index < -0.39 is 11.7 Å². The number of nitrogens with zero attached hydrogens (tertiary/aromatic N) is 3. The number of hydrogen-bond donors (Lipinski definition) is 0. The molecule has 0 aliphatic carbocycles. The van der Waals surface area contributed by atoms with Crippen LogP contribution in [-0.2, 0) is 17.4 Å². The summed E-state index contributed by atoms with van der Waals surface area (Å²) in [6.07, 6.45) is -4.04. The normalized spacial score (nSPS) is 19.9. The fraction of sp³-hybridized carbons (Fsp3) is 0.391. The Balaban J connectivity index is 1.52. The number of amidine groups is 1. The SMILES string of the molecule is COc1cc(CC2SC(N3CCN(C)CC3)=NC2=O)ccc1-c1ccccc1C(F)(F)F. The number of carbonyl (C=O) groups excluding carboxylic acids is 1. The van der Waals surface area contributed by atoms with Crippen molar-refractivity contribution in [2.45, 2.75) is 17.8 Å². The molecule has 1 amide bonds. The third-order valence-electron chi connectivity index (χ3n) is 5.71. The largest absolute Gasteiger partial charge is 0.496 e. The van der Waals surface area contributed by atoms with Gasteiger partial charge in [-0.15, -0.1) is 0 Å². The van der Waals surface area contributed by atoms with Gasteiger partial charge >= 0.3 is 6.18 Å². The molecular formula is C23H24F3N3O2S. The number of hydrogen-bond acceptors (Lipinski definition) is 5. The highest BCUT2D eigenvalue weighted by atomic mass is 32.2. The first kappa shape index (κ1) is 22.7. The molecule has 0 saturated carbocycles. The van der Waals surface area contributed by atoms with Gasteiger partial charge in [0, 0.05) is 31.7 Å². The molecule has 2 heterocycles. The number of likely N-dealkylation sites (N-methyl/N-ethyl adjacent to an activating group) is 1. The average molecular weight is 464 g/mol. The maximum absolute atomic E-state index is 13.5. The Kier molecular flexibility index (Phi) is 6.48. The lowest BCUT2D eigenvalue weighted by Crippen LogP contribution is -2.46. The number of amides is 1. The number of methoxy groups -OCH3 is 1. The topological polar surface area (TPSA) is 45.1 Å². The van der Waals surface area contributed by atoms with Crippen molar-refractivity contribution in [1.29, 1.82) is 0 Å². The molecule has 1 unspecified atom stereocenters. The highest BCUT2D eigenvalue weighted by molar-refractivity contribution is 8.15. The number of piperazine rings is 1. The molecule has 0 N–H and O–H groups in total. The Morgan fingerprint density at radius 3 is 2.50 bits per heavy atom. The third-order valence-corrected chi connectivity index (χ3v) is 6.93. The van der Waals surface area contributed by atoms with Gasteiger partial charge in [0.25, 0.3) is 5.91 Å². The Labute approximate surface area is 189 Å². The molecule has 1 atom stereocenters. The van der Waals surface area contributed by atoms with E-state index in [1.807, 2.05) is 0 Å². The van der Waals surface area contributed by atoms with E-state index in [2.05, 4.69) is 21.8 Å². The fourth-order valence-electron chi connectivity index (χ4n) is 3.91. The molecule has 0 bridgehead atoms. The van der Waals surface area contributed by atoms with Gasteiger partial charge in [0.15, 0.2) is 5.17 Å². The lowest BCUT2D eigenvalue weighted by Gasteiger charge is -2.33. The van der Waals surface area contributed by atoms with Gasteiger partial charge in [0.2, 0.25) is 0 Å². The molecule has 32 heavy (non-hydrogen) atoms. The quantitative estimate of drug-likeness (QED) is 0.681. The predicted molar refractivity (Wildman–Crippen MR) is 120 cm³/mol. The van der Waals surface area contributed by atoms with Crippen molar-refractivity contribution in [1.82, 2.24) is 9.80 Å². The second-order valence-electron chi connectivity index (χ2n) is 7.91. The molecule has 0 radical (unpaired) electrons. The van der Waals surface area contributed by atoms with E-state index in [1.165, 1.54) is 31.0 Å². The number of rotatable bonds is 4. The summed E-state index contributed by atoms with van der Waals surface area (Å²) < 4.78 is 45.8. The minimum atomic E-state index is -4.47. The minimum absolute atomic E-state index is 0.0652. The highest BCUT2D eigenvalue weighted by Gasteiger charge is 2.35. The minimum Gasteiger partial charge on any atom is -0.496 e. The van der Waals surface area contributed by atoms with Gasteiger partial charge < -0.3 is 14.5 Å². The number of ether oxygens (including phenoxy) is 1. The van der Waals surface area contributed by atoms with Crippen molar-refractivity contribution in [2.75, 3.05) is 40.3 Å². The van der Waals surface area contributed by atoms with Gasteiger partial charge in [-0.2, -0.15) is 18.2 Å². The summed E-state index contributed by atoms with van der Waals surface area (Å²) in [6, 6.07) is 10.5. The van der Waals surface area contributed by atoms with Crippen LogP contribution >= 0.6 is 11.8 Å². The van der Waals surface area contributed by atoms with Crippen LogP contribution in [0.4, 0.5) is 13.2 Å². The molecule has 1 saturated heterocycles. The van der Waals surface area contributed by atoms with Crippen LogP contribution in [0.15, 0.2) is 47.5 Å². The molecule has 9 heteroatoms. The zero-order valence-electron chi connectivity index (χ0n) is 17.9. The third kappa shape index (κ3) is 4.78. The first-order chi connectivity index (χ1) is 15.3. The molecular weight excluding hydrogens is 439 g/mol. The van der Waals surface area contributed by atoms with Crippen molar-refractivity contribution in [3.05, 3.63) is 53.6 Å². The molecule has 0 spiro atoms. The maximum Gasteiger partial charge on any atom is 0.417 e. The van der Waals surface area contributed by atoms with E-state index in [0.717, 1.165) is 43.0 Å². The first-order valence-electron chi connectivity index (χ1n) is 10.3. The van der Waals surface area contributed by atoms with Crippen LogP contribution in [0.3, 0.4) is 0 Å². The van der Waals surface area contributed by atoms with Crippen LogP contribution in [-0.4, -0.2) is 66.5 Å². The lowest BCUT2D eigenvalue weighted by molar-refractivity contribution is -0.137. The van der Waals surface area contributed by atoms with E-state index in [4.69, 9.17) is 4.74 Å². The summed E-state index contributed by atoms with van der Waals surface area (Å²) in [5, 5.41) is 0.415. The van der Waals surface area contributed by atoms with Gasteiger partial charge in [-0.3, -0.25) is 4.79 Å². The summed E-state index contributed by atoms with van der Waals surface area (Å²) in [7, 11) is 3.50. The Morgan fingerprint density at radius 1 is 1.09 bits per heavy atom. The first-order valence-corrected chi connectivity index (χ1v) is 11.2. The smallest absolute Gasteiger partial charge is 0.417 e. The molecule has 170 valence electrons. The van der Waals surface area contributed by atoms with Crippen LogP contribution in [0.1, 0.15) is 11.1 Å². The monoisotopic (exact) mass is 463 g/mol. The molecule has 2 aromatic carbocycles. The van der Waals surface area contributed by atoms with Gasteiger partial charge in [0.1, 0.15) is 5.75 Å². The summed E-state index contributed by atoms with van der Waals surface area (Å²) in [6.45, 7) is 3.53. The molecule has 0 aromatic heterocycles. The number of thioether (sulfide) groups is 1. The summed E-state index contributed by atoms with van der Waals surface area (Å²) in [5.41, 5.74) is 0.535. The van der Waals surface area contributed by atoms with E-state index >= 15 is 0 Å². The summed E-state index contributed by atoms with van der Waals surface area (Å²) >= 11 is 1.46. The summed E-state index contributed by atoms with van der Waals surface area (Å²) in [5.74, 6) is 0.171. The predicted octanol–water partition coefficient (Wildman–Crippen LogP) is 4.17. The maximum atomic E-state index is 13.5.